The third-order valence-corrected chi connectivity index (χ3v) is 5.37. The minimum atomic E-state index is -0.814. The number of carbonyl (C=O) groups is 1. The quantitative estimate of drug-likeness (QED) is 0.485. The van der Waals surface area contributed by atoms with Gasteiger partial charge in [0, 0.05) is 0 Å². The second kappa shape index (κ2) is 9.60. The average Bonchev–Trinajstić information content (AvgIpc) is 2.63. The van der Waals surface area contributed by atoms with E-state index in [9.17, 15) is 9.90 Å². The number of hydrogen-bond donors (Lipinski definition) is 1. The van der Waals surface area contributed by atoms with Gasteiger partial charge in [-0.3, -0.25) is 0 Å². The van der Waals surface area contributed by atoms with Gasteiger partial charge in [0.15, 0.2) is 0 Å². The van der Waals surface area contributed by atoms with Crippen molar-refractivity contribution in [3.63, 3.8) is 0 Å². The Morgan fingerprint density at radius 1 is 1.00 bits per heavy atom. The molecule has 0 amide bonds. The van der Waals surface area contributed by atoms with Crippen LogP contribution in [0.1, 0.15) is 77.2 Å². The molecule has 1 aliphatic rings. The van der Waals surface area contributed by atoms with Crippen LogP contribution < -0.4 is 0 Å². The van der Waals surface area contributed by atoms with Crippen LogP contribution in [0, 0.1) is 5.41 Å². The molecule has 1 N–H and O–H groups in total. The third kappa shape index (κ3) is 5.32. The zero-order chi connectivity index (χ0) is 18.1. The number of allylic oxidation sites excluding steroid dienone is 2. The fraction of sp³-hybridized carbons (Fsp3) is 0.522. The molecule has 1 aliphatic carbocycles. The smallest absolute Gasteiger partial charge is 0.335 e. The third-order valence-electron chi connectivity index (χ3n) is 5.37. The Kier molecular flexibility index (Phi) is 7.49. The molecule has 0 aliphatic heterocycles. The highest BCUT2D eigenvalue weighted by atomic mass is 16.4. The molecule has 0 unspecified atom stereocenters. The maximum absolute atomic E-state index is 11.8. The summed E-state index contributed by atoms with van der Waals surface area (Å²) in [5.41, 5.74) is 2.64. The summed E-state index contributed by atoms with van der Waals surface area (Å²) < 4.78 is 0. The van der Waals surface area contributed by atoms with Gasteiger partial charge in [0.25, 0.3) is 0 Å². The predicted molar refractivity (Wildman–Crippen MR) is 105 cm³/mol. The van der Waals surface area contributed by atoms with Gasteiger partial charge in [-0.05, 0) is 35.8 Å². The summed E-state index contributed by atoms with van der Waals surface area (Å²) >= 11 is 0. The Morgan fingerprint density at radius 2 is 1.60 bits per heavy atom. The monoisotopic (exact) mass is 340 g/mol. The Balaban J connectivity index is 2.31. The zero-order valence-electron chi connectivity index (χ0n) is 15.8. The van der Waals surface area contributed by atoms with E-state index in [2.05, 4.69) is 19.9 Å². The van der Waals surface area contributed by atoms with Crippen molar-refractivity contribution in [2.75, 3.05) is 0 Å². The largest absolute Gasteiger partial charge is 0.478 e. The molecule has 1 aromatic rings. The van der Waals surface area contributed by atoms with Crippen LogP contribution >= 0.6 is 0 Å². The van der Waals surface area contributed by atoms with Crippen LogP contribution in [0.4, 0.5) is 0 Å². The molecule has 2 heteroatoms. The fourth-order valence-corrected chi connectivity index (χ4v) is 3.89. The van der Waals surface area contributed by atoms with Crippen molar-refractivity contribution in [3.05, 3.63) is 53.6 Å². The summed E-state index contributed by atoms with van der Waals surface area (Å²) in [6, 6.07) is 10.1. The molecule has 25 heavy (non-hydrogen) atoms. The van der Waals surface area contributed by atoms with Crippen molar-refractivity contribution >= 4 is 11.5 Å². The first-order valence-electron chi connectivity index (χ1n) is 9.83. The lowest BCUT2D eigenvalue weighted by molar-refractivity contribution is -0.132. The van der Waals surface area contributed by atoms with Crippen molar-refractivity contribution in [3.8, 4) is 0 Å². The molecular formula is C23H32O2. The highest BCUT2D eigenvalue weighted by Crippen LogP contribution is 2.46. The van der Waals surface area contributed by atoms with Crippen molar-refractivity contribution in [2.24, 2.45) is 5.41 Å². The fourth-order valence-electron chi connectivity index (χ4n) is 3.89. The number of rotatable bonds is 10. The Labute approximate surface area is 152 Å². The first kappa shape index (κ1) is 19.5. The molecule has 136 valence electrons. The van der Waals surface area contributed by atoms with Gasteiger partial charge in [0.2, 0.25) is 0 Å². The average molecular weight is 341 g/mol. The van der Waals surface area contributed by atoms with Gasteiger partial charge in [0.1, 0.15) is 0 Å². The van der Waals surface area contributed by atoms with E-state index in [-0.39, 0.29) is 5.41 Å². The second-order valence-corrected chi connectivity index (χ2v) is 7.35. The lowest BCUT2D eigenvalue weighted by Crippen LogP contribution is -2.23. The van der Waals surface area contributed by atoms with Gasteiger partial charge in [0.05, 0.1) is 5.57 Å². The van der Waals surface area contributed by atoms with Crippen LogP contribution in [0.3, 0.4) is 0 Å². The van der Waals surface area contributed by atoms with E-state index in [1.807, 2.05) is 36.4 Å². The summed E-state index contributed by atoms with van der Waals surface area (Å²) in [6.07, 6.45) is 14.6. The van der Waals surface area contributed by atoms with Crippen LogP contribution in [0.25, 0.3) is 5.57 Å². The van der Waals surface area contributed by atoms with Crippen LogP contribution in [0.5, 0.6) is 0 Å². The highest BCUT2D eigenvalue weighted by molar-refractivity contribution is 6.00. The minimum Gasteiger partial charge on any atom is -0.478 e. The first-order valence-corrected chi connectivity index (χ1v) is 9.83. The van der Waals surface area contributed by atoms with Gasteiger partial charge in [-0.25, -0.2) is 4.79 Å². The maximum atomic E-state index is 11.8. The van der Waals surface area contributed by atoms with E-state index in [1.165, 1.54) is 38.5 Å². The van der Waals surface area contributed by atoms with E-state index < -0.39 is 5.97 Å². The molecule has 0 radical (unpaired) electrons. The number of aliphatic carboxylic acids is 1. The molecule has 1 aromatic carbocycles. The number of benzene rings is 1. The lowest BCUT2D eigenvalue weighted by Gasteiger charge is -2.35. The van der Waals surface area contributed by atoms with E-state index in [4.69, 9.17) is 0 Å². The second-order valence-electron chi connectivity index (χ2n) is 7.35. The summed E-state index contributed by atoms with van der Waals surface area (Å²) in [5, 5.41) is 9.66. The van der Waals surface area contributed by atoms with Gasteiger partial charge in [-0.2, -0.15) is 0 Å². The van der Waals surface area contributed by atoms with Crippen molar-refractivity contribution < 1.29 is 9.90 Å². The molecule has 0 bridgehead atoms. The minimum absolute atomic E-state index is 0.120. The van der Waals surface area contributed by atoms with Gasteiger partial charge in [-0.15, -0.1) is 0 Å². The Bertz CT molecular complexity index is 600. The summed E-state index contributed by atoms with van der Waals surface area (Å²) in [6.45, 7) is 4.47. The van der Waals surface area contributed by atoms with Gasteiger partial charge in [-0.1, -0.05) is 94.9 Å². The Hall–Kier alpha value is -1.83. The summed E-state index contributed by atoms with van der Waals surface area (Å²) in [7, 11) is 0. The van der Waals surface area contributed by atoms with Crippen molar-refractivity contribution in [2.45, 2.75) is 71.6 Å². The molecule has 0 saturated carbocycles. The number of carboxylic acids is 1. The molecule has 0 spiro atoms. The van der Waals surface area contributed by atoms with E-state index in [1.54, 1.807) is 0 Å². The summed E-state index contributed by atoms with van der Waals surface area (Å²) in [5.74, 6) is -0.814. The molecule has 0 fully saturated rings. The standard InChI is InChI=1S/C23H32O2/c1-3-5-10-15-23(16-11-6-4-2)17-14-20(22(24)25)21(18-23)19-12-8-7-9-13-19/h7-9,12-14,17H,3-6,10-11,15-16,18H2,1-2H3,(H,24,25). The van der Waals surface area contributed by atoms with E-state index in [0.717, 1.165) is 30.4 Å². The van der Waals surface area contributed by atoms with Crippen molar-refractivity contribution in [1.29, 1.82) is 0 Å². The summed E-state index contributed by atoms with van der Waals surface area (Å²) in [4.78, 5) is 11.8. The predicted octanol–water partition coefficient (Wildman–Crippen LogP) is 6.63. The normalized spacial score (nSPS) is 16.2. The maximum Gasteiger partial charge on any atom is 0.335 e. The number of unbranched alkanes of at least 4 members (excludes halogenated alkanes) is 4. The van der Waals surface area contributed by atoms with Gasteiger partial charge >= 0.3 is 5.97 Å². The van der Waals surface area contributed by atoms with Crippen molar-refractivity contribution in [1.82, 2.24) is 0 Å². The molecule has 2 nitrogen and oxygen atoms in total. The number of carboxylic acid groups (broad SMARTS) is 1. The Morgan fingerprint density at radius 3 is 2.12 bits per heavy atom. The van der Waals surface area contributed by atoms with Crippen LogP contribution in [0.15, 0.2) is 48.1 Å². The molecule has 0 saturated heterocycles. The SMILES string of the molecule is CCCCCC1(CCCCC)C=CC(C(=O)O)=C(c2ccccc2)C1. The van der Waals surface area contributed by atoms with E-state index in [0.29, 0.717) is 5.57 Å². The molecule has 0 heterocycles. The first-order chi connectivity index (χ1) is 12.1. The van der Waals surface area contributed by atoms with Gasteiger partial charge < -0.3 is 5.11 Å². The zero-order valence-corrected chi connectivity index (χ0v) is 15.8. The van der Waals surface area contributed by atoms with E-state index >= 15 is 0 Å². The van der Waals surface area contributed by atoms with Crippen LogP contribution in [-0.4, -0.2) is 11.1 Å². The number of hydrogen-bond acceptors (Lipinski definition) is 1. The molecule has 2 rings (SSSR count). The lowest BCUT2D eigenvalue weighted by atomic mass is 9.69. The molecule has 0 aromatic heterocycles. The molecule has 0 atom stereocenters. The topological polar surface area (TPSA) is 37.3 Å². The molecular weight excluding hydrogens is 308 g/mol. The van der Waals surface area contributed by atoms with Crippen LogP contribution in [0.2, 0.25) is 0 Å². The van der Waals surface area contributed by atoms with Crippen LogP contribution in [-0.2, 0) is 4.79 Å². The highest BCUT2D eigenvalue weighted by Gasteiger charge is 2.33.